The second-order valence-corrected chi connectivity index (χ2v) is 4.86. The first-order valence-electron chi connectivity index (χ1n) is 6.16. The second kappa shape index (κ2) is 5.28. The molecule has 3 nitrogen and oxygen atoms in total. The van der Waals surface area contributed by atoms with E-state index < -0.39 is 0 Å². The van der Waals surface area contributed by atoms with Crippen LogP contribution in [0.4, 0.5) is 0 Å². The molecule has 2 fully saturated rings. The molecule has 88 valence electrons. The third kappa shape index (κ3) is 2.71. The molecule has 3 heteroatoms. The van der Waals surface area contributed by atoms with E-state index in [1.807, 2.05) is 7.11 Å². The van der Waals surface area contributed by atoms with Gasteiger partial charge in [-0.25, -0.2) is 0 Å². The van der Waals surface area contributed by atoms with Crippen LogP contribution < -0.4 is 0 Å². The maximum absolute atomic E-state index is 5.50. The Morgan fingerprint density at radius 2 is 1.93 bits per heavy atom. The molecule has 0 aromatic rings. The SMILES string of the molecule is COC1CCC(C)C(N2CCOCC2)C1. The Hall–Kier alpha value is -0.120. The number of ether oxygens (including phenoxy) is 2. The maximum atomic E-state index is 5.50. The molecule has 0 spiro atoms. The molecule has 1 saturated carbocycles. The molecule has 0 N–H and O–H groups in total. The van der Waals surface area contributed by atoms with E-state index in [2.05, 4.69) is 11.8 Å². The highest BCUT2D eigenvalue weighted by molar-refractivity contribution is 4.86. The Morgan fingerprint density at radius 3 is 2.60 bits per heavy atom. The van der Waals surface area contributed by atoms with Crippen molar-refractivity contribution in [3.05, 3.63) is 0 Å². The average Bonchev–Trinajstić information content (AvgIpc) is 2.31. The summed E-state index contributed by atoms with van der Waals surface area (Å²) in [6, 6.07) is 0.715. The van der Waals surface area contributed by atoms with Gasteiger partial charge < -0.3 is 9.47 Å². The predicted octanol–water partition coefficient (Wildman–Crippen LogP) is 1.52. The first-order chi connectivity index (χ1) is 7.31. The molecule has 15 heavy (non-hydrogen) atoms. The Kier molecular flexibility index (Phi) is 4.00. The van der Waals surface area contributed by atoms with Gasteiger partial charge in [-0.1, -0.05) is 6.92 Å². The highest BCUT2D eigenvalue weighted by Gasteiger charge is 2.32. The van der Waals surface area contributed by atoms with Gasteiger partial charge in [0.1, 0.15) is 0 Å². The number of morpholine rings is 1. The molecule has 0 amide bonds. The zero-order valence-corrected chi connectivity index (χ0v) is 9.95. The zero-order valence-electron chi connectivity index (χ0n) is 9.95. The Morgan fingerprint density at radius 1 is 1.20 bits per heavy atom. The fourth-order valence-electron chi connectivity index (χ4n) is 2.89. The summed E-state index contributed by atoms with van der Waals surface area (Å²) < 4.78 is 10.9. The van der Waals surface area contributed by atoms with Crippen LogP contribution >= 0.6 is 0 Å². The minimum Gasteiger partial charge on any atom is -0.381 e. The van der Waals surface area contributed by atoms with Gasteiger partial charge in [0.2, 0.25) is 0 Å². The highest BCUT2D eigenvalue weighted by atomic mass is 16.5. The van der Waals surface area contributed by atoms with Crippen LogP contribution in [-0.4, -0.2) is 50.5 Å². The van der Waals surface area contributed by atoms with Crippen LogP contribution in [0.5, 0.6) is 0 Å². The Bertz CT molecular complexity index is 192. The van der Waals surface area contributed by atoms with E-state index in [4.69, 9.17) is 9.47 Å². The summed E-state index contributed by atoms with van der Waals surface area (Å²) in [5.41, 5.74) is 0. The number of hydrogen-bond acceptors (Lipinski definition) is 3. The normalized spacial score (nSPS) is 39.2. The molecule has 1 saturated heterocycles. The van der Waals surface area contributed by atoms with E-state index in [1.54, 1.807) is 0 Å². The zero-order chi connectivity index (χ0) is 10.7. The quantitative estimate of drug-likeness (QED) is 0.694. The van der Waals surface area contributed by atoms with Crippen molar-refractivity contribution in [3.63, 3.8) is 0 Å². The van der Waals surface area contributed by atoms with Gasteiger partial charge >= 0.3 is 0 Å². The first kappa shape index (κ1) is 11.4. The molecule has 1 aliphatic carbocycles. The molecule has 1 aliphatic heterocycles. The monoisotopic (exact) mass is 213 g/mol. The second-order valence-electron chi connectivity index (χ2n) is 4.86. The average molecular weight is 213 g/mol. The van der Waals surface area contributed by atoms with Crippen LogP contribution in [0.2, 0.25) is 0 Å². The molecule has 2 rings (SSSR count). The van der Waals surface area contributed by atoms with Crippen LogP contribution in [-0.2, 0) is 9.47 Å². The summed E-state index contributed by atoms with van der Waals surface area (Å²) in [6.45, 7) is 6.39. The molecule has 0 aromatic carbocycles. The number of rotatable bonds is 2. The van der Waals surface area contributed by atoms with Gasteiger partial charge in [0.05, 0.1) is 19.3 Å². The fourth-order valence-corrected chi connectivity index (χ4v) is 2.89. The smallest absolute Gasteiger partial charge is 0.0594 e. The van der Waals surface area contributed by atoms with E-state index >= 15 is 0 Å². The van der Waals surface area contributed by atoms with E-state index in [1.165, 1.54) is 19.3 Å². The summed E-state index contributed by atoms with van der Waals surface area (Å²) in [5, 5.41) is 0. The summed E-state index contributed by atoms with van der Waals surface area (Å²) in [5.74, 6) is 0.814. The van der Waals surface area contributed by atoms with Crippen molar-refractivity contribution in [3.8, 4) is 0 Å². The van der Waals surface area contributed by atoms with E-state index in [9.17, 15) is 0 Å². The van der Waals surface area contributed by atoms with Gasteiger partial charge in [-0.2, -0.15) is 0 Å². The van der Waals surface area contributed by atoms with Crippen LogP contribution in [0.1, 0.15) is 26.2 Å². The van der Waals surface area contributed by atoms with Gasteiger partial charge in [0.25, 0.3) is 0 Å². The highest BCUT2D eigenvalue weighted by Crippen LogP contribution is 2.30. The van der Waals surface area contributed by atoms with Crippen molar-refractivity contribution in [2.45, 2.75) is 38.3 Å². The lowest BCUT2D eigenvalue weighted by molar-refractivity contribution is -0.0361. The lowest BCUT2D eigenvalue weighted by atomic mass is 9.83. The van der Waals surface area contributed by atoms with Gasteiger partial charge in [-0.15, -0.1) is 0 Å². The number of nitrogens with zero attached hydrogens (tertiary/aromatic N) is 1. The third-order valence-electron chi connectivity index (χ3n) is 3.95. The van der Waals surface area contributed by atoms with E-state index in [0.29, 0.717) is 12.1 Å². The van der Waals surface area contributed by atoms with E-state index in [0.717, 1.165) is 32.2 Å². The Balaban J connectivity index is 1.92. The number of hydrogen-bond donors (Lipinski definition) is 0. The van der Waals surface area contributed by atoms with Crippen LogP contribution in [0.3, 0.4) is 0 Å². The molecular formula is C12H23NO2. The van der Waals surface area contributed by atoms with Crippen molar-refractivity contribution in [1.82, 2.24) is 4.90 Å². The summed E-state index contributed by atoms with van der Waals surface area (Å²) >= 11 is 0. The van der Waals surface area contributed by atoms with Crippen LogP contribution in [0, 0.1) is 5.92 Å². The van der Waals surface area contributed by atoms with Gasteiger partial charge in [-0.3, -0.25) is 4.90 Å². The van der Waals surface area contributed by atoms with Crippen LogP contribution in [0.15, 0.2) is 0 Å². The number of methoxy groups -OCH3 is 1. The lowest BCUT2D eigenvalue weighted by Gasteiger charge is -2.42. The minimum atomic E-state index is 0.481. The maximum Gasteiger partial charge on any atom is 0.0594 e. The standard InChI is InChI=1S/C12H23NO2/c1-10-3-4-11(14-2)9-12(10)13-5-7-15-8-6-13/h10-12H,3-9H2,1-2H3. The molecule has 2 aliphatic rings. The van der Waals surface area contributed by atoms with Gasteiger partial charge in [0.15, 0.2) is 0 Å². The van der Waals surface area contributed by atoms with E-state index in [-0.39, 0.29) is 0 Å². The molecule has 0 bridgehead atoms. The third-order valence-corrected chi connectivity index (χ3v) is 3.95. The van der Waals surface area contributed by atoms with Crippen molar-refractivity contribution < 1.29 is 9.47 Å². The topological polar surface area (TPSA) is 21.7 Å². The largest absolute Gasteiger partial charge is 0.381 e. The fraction of sp³-hybridized carbons (Fsp3) is 1.00. The Labute approximate surface area is 92.7 Å². The predicted molar refractivity (Wildman–Crippen MR) is 60.0 cm³/mol. The summed E-state index contributed by atoms with van der Waals surface area (Å²) in [6.07, 6.45) is 4.23. The molecule has 3 atom stereocenters. The van der Waals surface area contributed by atoms with Crippen molar-refractivity contribution in [1.29, 1.82) is 0 Å². The minimum absolute atomic E-state index is 0.481. The molecule has 3 unspecified atom stereocenters. The van der Waals surface area contributed by atoms with Crippen molar-refractivity contribution >= 4 is 0 Å². The summed E-state index contributed by atoms with van der Waals surface area (Å²) in [7, 11) is 1.84. The molecule has 0 aromatic heterocycles. The van der Waals surface area contributed by atoms with Crippen molar-refractivity contribution in [2.24, 2.45) is 5.92 Å². The molecular weight excluding hydrogens is 190 g/mol. The molecule has 0 radical (unpaired) electrons. The molecule has 1 heterocycles. The first-order valence-corrected chi connectivity index (χ1v) is 6.16. The van der Waals surface area contributed by atoms with Gasteiger partial charge in [0, 0.05) is 26.2 Å². The van der Waals surface area contributed by atoms with Gasteiger partial charge in [-0.05, 0) is 25.2 Å². The van der Waals surface area contributed by atoms with Crippen LogP contribution in [0.25, 0.3) is 0 Å². The lowest BCUT2D eigenvalue weighted by Crippen LogP contribution is -2.49. The summed E-state index contributed by atoms with van der Waals surface area (Å²) in [4.78, 5) is 2.60. The van der Waals surface area contributed by atoms with Crippen molar-refractivity contribution in [2.75, 3.05) is 33.4 Å².